The maximum atomic E-state index is 12.9. The molecule has 3 aromatic carbocycles. The van der Waals surface area contributed by atoms with Crippen molar-refractivity contribution in [3.63, 3.8) is 0 Å². The number of hydrogen-bond donors (Lipinski definition) is 2. The molecule has 1 fully saturated rings. The Balaban J connectivity index is 1.36. The predicted molar refractivity (Wildman–Crippen MR) is 141 cm³/mol. The Kier molecular flexibility index (Phi) is 9.03. The number of amides is 3. The molecule has 2 N–H and O–H groups in total. The van der Waals surface area contributed by atoms with Crippen LogP contribution >= 0.6 is 0 Å². The minimum Gasteiger partial charge on any atom is -0.493 e. The van der Waals surface area contributed by atoms with Gasteiger partial charge in [-0.25, -0.2) is 5.43 Å². The Bertz CT molecular complexity index is 1310. The Labute approximate surface area is 220 Å². The Morgan fingerprint density at radius 2 is 1.68 bits per heavy atom. The number of nitrogens with one attached hydrogen (secondary N) is 2. The first-order valence-electron chi connectivity index (χ1n) is 12.0. The summed E-state index contributed by atoms with van der Waals surface area (Å²) in [6, 6.07) is 21.4. The number of ether oxygens (including phenoxy) is 3. The van der Waals surface area contributed by atoms with Gasteiger partial charge in [-0.2, -0.15) is 5.10 Å². The molecule has 1 aliphatic heterocycles. The zero-order chi connectivity index (χ0) is 26.7. The highest BCUT2D eigenvalue weighted by Gasteiger charge is 2.23. The first-order valence-corrected chi connectivity index (χ1v) is 12.0. The zero-order valence-corrected chi connectivity index (χ0v) is 20.9. The van der Waals surface area contributed by atoms with Crippen molar-refractivity contribution in [2.45, 2.75) is 6.61 Å². The van der Waals surface area contributed by atoms with Crippen molar-refractivity contribution in [3.8, 4) is 11.5 Å². The summed E-state index contributed by atoms with van der Waals surface area (Å²) in [5.41, 5.74) is 4.36. The van der Waals surface area contributed by atoms with Crippen LogP contribution in [0, 0.1) is 0 Å². The maximum absolute atomic E-state index is 12.9. The number of benzene rings is 3. The molecule has 1 heterocycles. The number of nitrogens with zero attached hydrogens (tertiary/aromatic N) is 2. The molecule has 10 nitrogen and oxygen atoms in total. The number of hydrazone groups is 1. The monoisotopic (exact) mass is 516 g/mol. The molecule has 0 aromatic heterocycles. The van der Waals surface area contributed by atoms with Crippen molar-refractivity contribution < 1.29 is 28.6 Å². The number of morpholine rings is 1. The number of hydrogen-bond acceptors (Lipinski definition) is 7. The SMILES string of the molecule is COc1ccc(/C=N/NC(=O)C(=O)Nc2ccccc2C(=O)N2CCOCC2)cc1OCc1ccccc1. The molecule has 10 heteroatoms. The Morgan fingerprint density at radius 1 is 0.947 bits per heavy atom. The van der Waals surface area contributed by atoms with Gasteiger partial charge in [-0.1, -0.05) is 42.5 Å². The van der Waals surface area contributed by atoms with E-state index in [4.69, 9.17) is 14.2 Å². The average molecular weight is 517 g/mol. The molecule has 0 aliphatic carbocycles. The first-order chi connectivity index (χ1) is 18.5. The summed E-state index contributed by atoms with van der Waals surface area (Å²) >= 11 is 0. The van der Waals surface area contributed by atoms with Gasteiger partial charge in [0.05, 0.1) is 37.8 Å². The normalized spacial score (nSPS) is 13.1. The van der Waals surface area contributed by atoms with Crippen LogP contribution in [0.2, 0.25) is 0 Å². The molecule has 0 saturated carbocycles. The van der Waals surface area contributed by atoms with Crippen molar-refractivity contribution in [1.29, 1.82) is 0 Å². The summed E-state index contributed by atoms with van der Waals surface area (Å²) in [5, 5.41) is 6.37. The second kappa shape index (κ2) is 13.0. The number of para-hydroxylation sites is 1. The third-order valence-electron chi connectivity index (χ3n) is 5.71. The minimum absolute atomic E-state index is 0.239. The number of rotatable bonds is 8. The fraction of sp³-hybridized carbons (Fsp3) is 0.214. The van der Waals surface area contributed by atoms with Gasteiger partial charge >= 0.3 is 11.8 Å². The highest BCUT2D eigenvalue weighted by molar-refractivity contribution is 6.40. The molecule has 0 atom stereocenters. The highest BCUT2D eigenvalue weighted by atomic mass is 16.5. The molecule has 0 spiro atoms. The Hall–Kier alpha value is -4.70. The molecule has 38 heavy (non-hydrogen) atoms. The van der Waals surface area contributed by atoms with Gasteiger partial charge < -0.3 is 24.4 Å². The van der Waals surface area contributed by atoms with Crippen LogP contribution < -0.4 is 20.2 Å². The Morgan fingerprint density at radius 3 is 2.45 bits per heavy atom. The molecule has 1 aliphatic rings. The molecule has 1 saturated heterocycles. The molecule has 3 amide bonds. The lowest BCUT2D eigenvalue weighted by molar-refractivity contribution is -0.136. The minimum atomic E-state index is -0.982. The van der Waals surface area contributed by atoms with Gasteiger partial charge in [0.2, 0.25) is 0 Å². The second-order valence-electron chi connectivity index (χ2n) is 8.29. The molecule has 3 aromatic rings. The third-order valence-corrected chi connectivity index (χ3v) is 5.71. The molecular weight excluding hydrogens is 488 g/mol. The molecule has 0 radical (unpaired) electrons. The van der Waals surface area contributed by atoms with Crippen molar-refractivity contribution in [1.82, 2.24) is 10.3 Å². The van der Waals surface area contributed by atoms with Crippen LogP contribution in [0.4, 0.5) is 5.69 Å². The summed E-state index contributed by atoms with van der Waals surface area (Å²) in [7, 11) is 1.55. The lowest BCUT2D eigenvalue weighted by atomic mass is 10.1. The van der Waals surface area contributed by atoms with E-state index in [1.165, 1.54) is 6.21 Å². The second-order valence-corrected chi connectivity index (χ2v) is 8.29. The fourth-order valence-corrected chi connectivity index (χ4v) is 3.73. The van der Waals surface area contributed by atoms with E-state index in [0.29, 0.717) is 55.5 Å². The van der Waals surface area contributed by atoms with Crippen LogP contribution in [0.15, 0.2) is 77.9 Å². The summed E-state index contributed by atoms with van der Waals surface area (Å²) in [6.07, 6.45) is 1.38. The van der Waals surface area contributed by atoms with E-state index < -0.39 is 11.8 Å². The number of carbonyl (C=O) groups is 3. The number of anilines is 1. The quantitative estimate of drug-likeness (QED) is 0.270. The predicted octanol–water partition coefficient (Wildman–Crippen LogP) is 2.84. The van der Waals surface area contributed by atoms with Crippen LogP contribution in [0.5, 0.6) is 11.5 Å². The topological polar surface area (TPSA) is 119 Å². The average Bonchev–Trinajstić information content (AvgIpc) is 2.97. The molecule has 0 bridgehead atoms. The standard InChI is InChI=1S/C28H28N4O6/c1-36-24-12-11-21(17-25(24)38-19-20-7-3-2-4-8-20)18-29-31-27(34)26(33)30-23-10-6-5-9-22(23)28(35)32-13-15-37-16-14-32/h2-12,17-18H,13-16,19H2,1H3,(H,30,33)(H,31,34)/b29-18+. The number of methoxy groups -OCH3 is 1. The van der Waals surface area contributed by atoms with Crippen molar-refractivity contribution in [3.05, 3.63) is 89.5 Å². The summed E-state index contributed by atoms with van der Waals surface area (Å²) in [6.45, 7) is 2.18. The van der Waals surface area contributed by atoms with E-state index in [1.54, 1.807) is 54.5 Å². The number of carbonyl (C=O) groups excluding carboxylic acids is 3. The third kappa shape index (κ3) is 6.95. The van der Waals surface area contributed by atoms with Gasteiger partial charge in [-0.3, -0.25) is 14.4 Å². The van der Waals surface area contributed by atoms with Crippen LogP contribution in [0.25, 0.3) is 0 Å². The maximum Gasteiger partial charge on any atom is 0.329 e. The van der Waals surface area contributed by atoms with Gasteiger partial charge in [-0.05, 0) is 41.5 Å². The largest absolute Gasteiger partial charge is 0.493 e. The first kappa shape index (κ1) is 26.4. The zero-order valence-electron chi connectivity index (χ0n) is 20.9. The van der Waals surface area contributed by atoms with E-state index in [0.717, 1.165) is 5.56 Å². The van der Waals surface area contributed by atoms with Gasteiger partial charge in [0.1, 0.15) is 6.61 Å². The smallest absolute Gasteiger partial charge is 0.329 e. The van der Waals surface area contributed by atoms with E-state index in [2.05, 4.69) is 15.8 Å². The van der Waals surface area contributed by atoms with Crippen molar-refractivity contribution in [2.24, 2.45) is 5.10 Å². The van der Waals surface area contributed by atoms with Gasteiger partial charge in [0, 0.05) is 13.1 Å². The molecule has 196 valence electrons. The van der Waals surface area contributed by atoms with Crippen LogP contribution in [-0.2, 0) is 20.9 Å². The summed E-state index contributed by atoms with van der Waals surface area (Å²) in [5.74, 6) is -1.12. The van der Waals surface area contributed by atoms with E-state index in [9.17, 15) is 14.4 Å². The van der Waals surface area contributed by atoms with E-state index in [-0.39, 0.29) is 11.6 Å². The molecular formula is C28H28N4O6. The van der Waals surface area contributed by atoms with Gasteiger partial charge in [0.25, 0.3) is 5.91 Å². The van der Waals surface area contributed by atoms with E-state index >= 15 is 0 Å². The highest BCUT2D eigenvalue weighted by Crippen LogP contribution is 2.28. The summed E-state index contributed by atoms with van der Waals surface area (Å²) in [4.78, 5) is 39.4. The lowest BCUT2D eigenvalue weighted by Gasteiger charge is -2.27. The van der Waals surface area contributed by atoms with Crippen molar-refractivity contribution >= 4 is 29.6 Å². The lowest BCUT2D eigenvalue weighted by Crippen LogP contribution is -2.41. The van der Waals surface area contributed by atoms with Gasteiger partial charge in [0.15, 0.2) is 11.5 Å². The van der Waals surface area contributed by atoms with Crippen LogP contribution in [-0.4, -0.2) is 62.2 Å². The fourth-order valence-electron chi connectivity index (χ4n) is 3.73. The molecule has 4 rings (SSSR count). The van der Waals surface area contributed by atoms with Crippen LogP contribution in [0.1, 0.15) is 21.5 Å². The van der Waals surface area contributed by atoms with Gasteiger partial charge in [-0.15, -0.1) is 0 Å². The van der Waals surface area contributed by atoms with E-state index in [1.807, 2.05) is 30.3 Å². The summed E-state index contributed by atoms with van der Waals surface area (Å²) < 4.78 is 16.5. The van der Waals surface area contributed by atoms with Crippen molar-refractivity contribution in [2.75, 3.05) is 38.7 Å². The molecule has 0 unspecified atom stereocenters. The van der Waals surface area contributed by atoms with Crippen LogP contribution in [0.3, 0.4) is 0 Å².